The number of carbonyl (C=O) groups is 1. The number of nitrogens with one attached hydrogen (secondary N) is 1. The summed E-state index contributed by atoms with van der Waals surface area (Å²) in [6.07, 6.45) is 3.32. The van der Waals surface area contributed by atoms with Crippen LogP contribution in [0.3, 0.4) is 0 Å². The molecule has 1 N–H and O–H groups in total. The summed E-state index contributed by atoms with van der Waals surface area (Å²) >= 11 is 0. The third-order valence-electron chi connectivity index (χ3n) is 4.58. The molecule has 2 aliphatic heterocycles. The predicted molar refractivity (Wildman–Crippen MR) is 89.0 cm³/mol. The predicted octanol–water partition coefficient (Wildman–Crippen LogP) is 0.504. The molecule has 0 aromatic heterocycles. The van der Waals surface area contributed by atoms with Crippen LogP contribution in [0.2, 0.25) is 0 Å². The summed E-state index contributed by atoms with van der Waals surface area (Å²) in [5.41, 5.74) is 0. The highest BCUT2D eigenvalue weighted by Gasteiger charge is 2.21. The Morgan fingerprint density at radius 1 is 1.10 bits per heavy atom. The fourth-order valence-electron chi connectivity index (χ4n) is 3.10. The van der Waals surface area contributed by atoms with Gasteiger partial charge in [-0.1, -0.05) is 0 Å². The monoisotopic (exact) mass is 318 g/mol. The molecule has 0 bridgehead atoms. The van der Waals surface area contributed by atoms with Crippen molar-refractivity contribution in [3.63, 3.8) is 0 Å². The smallest absolute Gasteiger partial charge is 0.223 e. The molecule has 0 unspecified atom stereocenters. The lowest BCUT2D eigenvalue weighted by Gasteiger charge is -2.37. The van der Waals surface area contributed by atoms with Gasteiger partial charge in [-0.2, -0.15) is 0 Å². The van der Waals surface area contributed by atoms with Gasteiger partial charge in [0.15, 0.2) is 0 Å². The van der Waals surface area contributed by atoms with Crippen LogP contribution >= 0.6 is 12.4 Å². The van der Waals surface area contributed by atoms with E-state index in [-0.39, 0.29) is 18.3 Å². The molecule has 0 aromatic rings. The molecule has 0 aromatic carbocycles. The first-order valence-corrected chi connectivity index (χ1v) is 8.00. The summed E-state index contributed by atoms with van der Waals surface area (Å²) in [7, 11) is 3.67. The second-order valence-electron chi connectivity index (χ2n) is 6.37. The van der Waals surface area contributed by atoms with Crippen LogP contribution in [0.15, 0.2) is 0 Å². The molecule has 6 heteroatoms. The zero-order chi connectivity index (χ0) is 14.4. The van der Waals surface area contributed by atoms with Crippen molar-refractivity contribution in [1.29, 1.82) is 0 Å². The maximum atomic E-state index is 11.6. The van der Waals surface area contributed by atoms with Crippen LogP contribution in [0.4, 0.5) is 0 Å². The molecule has 2 rings (SSSR count). The van der Waals surface area contributed by atoms with Crippen LogP contribution in [0.5, 0.6) is 0 Å². The first-order chi connectivity index (χ1) is 9.65. The third kappa shape index (κ3) is 6.51. The molecular weight excluding hydrogens is 288 g/mol. The molecule has 0 radical (unpaired) electrons. The molecule has 5 nitrogen and oxygen atoms in total. The van der Waals surface area contributed by atoms with E-state index in [0.29, 0.717) is 6.42 Å². The van der Waals surface area contributed by atoms with Gasteiger partial charge in [0.05, 0.1) is 0 Å². The Hall–Kier alpha value is -0.360. The second-order valence-corrected chi connectivity index (χ2v) is 6.37. The average molecular weight is 319 g/mol. The van der Waals surface area contributed by atoms with Gasteiger partial charge in [-0.3, -0.25) is 4.79 Å². The molecule has 124 valence electrons. The highest BCUT2D eigenvalue weighted by molar-refractivity contribution is 5.85. The molecule has 21 heavy (non-hydrogen) atoms. The second kappa shape index (κ2) is 9.62. The number of nitrogens with zero attached hydrogens (tertiary/aromatic N) is 3. The van der Waals surface area contributed by atoms with E-state index >= 15 is 0 Å². The largest absolute Gasteiger partial charge is 0.349 e. The van der Waals surface area contributed by atoms with Crippen LogP contribution < -0.4 is 5.32 Å². The molecule has 2 aliphatic rings. The van der Waals surface area contributed by atoms with E-state index in [0.717, 1.165) is 25.6 Å². The maximum Gasteiger partial charge on any atom is 0.223 e. The van der Waals surface area contributed by atoms with Crippen LogP contribution in [0.1, 0.15) is 19.3 Å². The number of hydrogen-bond donors (Lipinski definition) is 1. The van der Waals surface area contributed by atoms with Gasteiger partial charge in [0.25, 0.3) is 0 Å². The Morgan fingerprint density at radius 3 is 2.24 bits per heavy atom. The van der Waals surface area contributed by atoms with E-state index < -0.39 is 0 Å². The topological polar surface area (TPSA) is 38.8 Å². The van der Waals surface area contributed by atoms with Crippen LogP contribution in [0.25, 0.3) is 0 Å². The van der Waals surface area contributed by atoms with Gasteiger partial charge in [0.1, 0.15) is 0 Å². The molecule has 0 saturated carbocycles. The maximum absolute atomic E-state index is 11.6. The number of carbonyl (C=O) groups excluding carboxylic acids is 1. The average Bonchev–Trinajstić information content (AvgIpc) is 2.47. The van der Waals surface area contributed by atoms with E-state index in [4.69, 9.17) is 0 Å². The van der Waals surface area contributed by atoms with Crippen molar-refractivity contribution in [3.8, 4) is 0 Å². The van der Waals surface area contributed by atoms with Crippen molar-refractivity contribution in [2.45, 2.75) is 19.3 Å². The molecule has 2 fully saturated rings. The van der Waals surface area contributed by atoms with E-state index in [2.05, 4.69) is 15.1 Å². The lowest BCUT2D eigenvalue weighted by Crippen LogP contribution is -2.49. The molecule has 2 saturated heterocycles. The Bertz CT molecular complexity index is 300. The molecule has 0 aliphatic carbocycles. The van der Waals surface area contributed by atoms with Crippen molar-refractivity contribution in [3.05, 3.63) is 0 Å². The SMILES string of the molecule is CN(C)C(=O)CCN1CCN(CC2CCNCC2)CC1.Cl. The molecular formula is C15H31ClN4O. The van der Waals surface area contributed by atoms with Crippen molar-refractivity contribution in [2.75, 3.05) is 66.5 Å². The van der Waals surface area contributed by atoms with Gasteiger partial charge in [-0.25, -0.2) is 0 Å². The standard InChI is InChI=1S/C15H30N4O.ClH/c1-17(2)15(20)5-8-18-9-11-19(12-10-18)13-14-3-6-16-7-4-14;/h14,16H,3-13H2,1-2H3;1H. The van der Waals surface area contributed by atoms with Gasteiger partial charge >= 0.3 is 0 Å². The van der Waals surface area contributed by atoms with Gasteiger partial charge < -0.3 is 20.0 Å². The van der Waals surface area contributed by atoms with Crippen molar-refractivity contribution in [2.24, 2.45) is 5.92 Å². The van der Waals surface area contributed by atoms with Crippen LogP contribution in [0, 0.1) is 5.92 Å². The molecule has 1 amide bonds. The normalized spacial score (nSPS) is 21.8. The first-order valence-electron chi connectivity index (χ1n) is 8.00. The Kier molecular flexibility index (Phi) is 8.56. The Morgan fingerprint density at radius 2 is 1.67 bits per heavy atom. The van der Waals surface area contributed by atoms with Gasteiger partial charge in [0.2, 0.25) is 5.91 Å². The van der Waals surface area contributed by atoms with Crippen LogP contribution in [-0.4, -0.2) is 87.1 Å². The lowest BCUT2D eigenvalue weighted by atomic mass is 9.97. The zero-order valence-electron chi connectivity index (χ0n) is 13.5. The number of piperazine rings is 1. The minimum Gasteiger partial charge on any atom is -0.349 e. The van der Waals surface area contributed by atoms with Gasteiger partial charge in [-0.15, -0.1) is 12.4 Å². The molecule has 0 atom stereocenters. The summed E-state index contributed by atoms with van der Waals surface area (Å²) in [5.74, 6) is 1.13. The van der Waals surface area contributed by atoms with Crippen molar-refractivity contribution in [1.82, 2.24) is 20.0 Å². The number of hydrogen-bond acceptors (Lipinski definition) is 4. The summed E-state index contributed by atoms with van der Waals surface area (Å²) in [4.78, 5) is 18.3. The Balaban J connectivity index is 0.00000220. The van der Waals surface area contributed by atoms with E-state index in [1.807, 2.05) is 14.1 Å². The van der Waals surface area contributed by atoms with Crippen molar-refractivity contribution >= 4 is 18.3 Å². The summed E-state index contributed by atoms with van der Waals surface area (Å²) < 4.78 is 0. The van der Waals surface area contributed by atoms with Crippen molar-refractivity contribution < 1.29 is 4.79 Å². The number of amides is 1. The molecule has 0 spiro atoms. The summed E-state index contributed by atoms with van der Waals surface area (Å²) in [6, 6.07) is 0. The number of halogens is 1. The first kappa shape index (κ1) is 18.7. The van der Waals surface area contributed by atoms with Gasteiger partial charge in [-0.05, 0) is 31.8 Å². The fraction of sp³-hybridized carbons (Fsp3) is 0.933. The van der Waals surface area contributed by atoms with Crippen LogP contribution in [-0.2, 0) is 4.79 Å². The summed E-state index contributed by atoms with van der Waals surface area (Å²) in [5, 5.41) is 3.43. The Labute approximate surface area is 135 Å². The van der Waals surface area contributed by atoms with E-state index in [1.54, 1.807) is 4.90 Å². The lowest BCUT2D eigenvalue weighted by molar-refractivity contribution is -0.129. The number of rotatable bonds is 5. The molecule has 2 heterocycles. The van der Waals surface area contributed by atoms with E-state index in [1.165, 1.54) is 45.6 Å². The quantitative estimate of drug-likeness (QED) is 0.801. The van der Waals surface area contributed by atoms with E-state index in [9.17, 15) is 4.79 Å². The van der Waals surface area contributed by atoms with Gasteiger partial charge in [0, 0.05) is 59.8 Å². The fourth-order valence-corrected chi connectivity index (χ4v) is 3.10. The third-order valence-corrected chi connectivity index (χ3v) is 4.58. The highest BCUT2D eigenvalue weighted by Crippen LogP contribution is 2.14. The minimum atomic E-state index is 0. The minimum absolute atomic E-state index is 0. The summed E-state index contributed by atoms with van der Waals surface area (Å²) in [6.45, 7) is 9.14. The zero-order valence-corrected chi connectivity index (χ0v) is 14.3. The highest BCUT2D eigenvalue weighted by atomic mass is 35.5. The number of piperidine rings is 1.